The molecule has 0 aliphatic carbocycles. The molecular weight excluding hydrogens is 250 g/mol. The molecule has 0 spiro atoms. The zero-order valence-electron chi connectivity index (χ0n) is 13.5. The molecule has 20 heavy (non-hydrogen) atoms. The summed E-state index contributed by atoms with van der Waals surface area (Å²) in [5, 5.41) is 3.29. The zero-order chi connectivity index (χ0) is 14.6. The third kappa shape index (κ3) is 7.25. The average molecular weight is 283 g/mol. The Morgan fingerprint density at radius 1 is 1.00 bits per heavy atom. The lowest BCUT2D eigenvalue weighted by molar-refractivity contribution is -0.131. The van der Waals surface area contributed by atoms with Crippen molar-refractivity contribution in [1.82, 2.24) is 15.1 Å². The van der Waals surface area contributed by atoms with E-state index in [0.717, 1.165) is 45.6 Å². The van der Waals surface area contributed by atoms with E-state index < -0.39 is 0 Å². The number of unbranched alkanes of at least 4 members (excludes halogenated alkanes) is 2. The number of nitrogens with one attached hydrogen (secondary N) is 1. The molecule has 1 aliphatic rings. The van der Waals surface area contributed by atoms with Gasteiger partial charge in [0.2, 0.25) is 5.91 Å². The van der Waals surface area contributed by atoms with E-state index in [-0.39, 0.29) is 0 Å². The van der Waals surface area contributed by atoms with Gasteiger partial charge in [0.1, 0.15) is 0 Å². The van der Waals surface area contributed by atoms with Gasteiger partial charge >= 0.3 is 0 Å². The van der Waals surface area contributed by atoms with Crippen molar-refractivity contribution in [3.05, 3.63) is 0 Å². The average Bonchev–Trinajstić information content (AvgIpc) is 2.50. The molecule has 0 aromatic heterocycles. The van der Waals surface area contributed by atoms with Crippen LogP contribution >= 0.6 is 0 Å². The molecule has 0 atom stereocenters. The van der Waals surface area contributed by atoms with Crippen LogP contribution in [0, 0.1) is 0 Å². The fraction of sp³-hybridized carbons (Fsp3) is 0.938. The second-order valence-corrected chi connectivity index (χ2v) is 5.78. The second-order valence-electron chi connectivity index (χ2n) is 5.78. The Morgan fingerprint density at radius 3 is 2.10 bits per heavy atom. The third-order valence-electron chi connectivity index (χ3n) is 3.99. The van der Waals surface area contributed by atoms with Crippen LogP contribution in [0.25, 0.3) is 0 Å². The number of nitrogens with zero attached hydrogens (tertiary/aromatic N) is 2. The summed E-state index contributed by atoms with van der Waals surface area (Å²) in [4.78, 5) is 16.6. The molecule has 0 unspecified atom stereocenters. The van der Waals surface area contributed by atoms with E-state index >= 15 is 0 Å². The van der Waals surface area contributed by atoms with E-state index in [0.29, 0.717) is 5.91 Å². The van der Waals surface area contributed by atoms with E-state index in [4.69, 9.17) is 0 Å². The van der Waals surface area contributed by atoms with Crippen molar-refractivity contribution in [3.8, 4) is 0 Å². The van der Waals surface area contributed by atoms with Crippen molar-refractivity contribution in [1.29, 1.82) is 0 Å². The first-order valence-corrected chi connectivity index (χ1v) is 8.48. The summed E-state index contributed by atoms with van der Waals surface area (Å²) in [7, 11) is 0. The molecule has 0 radical (unpaired) electrons. The van der Waals surface area contributed by atoms with Crippen molar-refractivity contribution in [2.24, 2.45) is 0 Å². The number of rotatable bonds is 10. The van der Waals surface area contributed by atoms with Crippen LogP contribution in [0.2, 0.25) is 0 Å². The van der Waals surface area contributed by atoms with Crippen LogP contribution in [0.15, 0.2) is 0 Å². The monoisotopic (exact) mass is 283 g/mol. The molecule has 118 valence electrons. The molecule has 0 aromatic rings. The standard InChI is InChI=1S/C16H33N3O/c1-3-5-11-18(12-6-4-2)13-7-8-16(20)19-14-9-17-10-15-19/h17H,3-15H2,1-2H3. The maximum Gasteiger partial charge on any atom is 0.222 e. The lowest BCUT2D eigenvalue weighted by Gasteiger charge is -2.28. The lowest BCUT2D eigenvalue weighted by Crippen LogP contribution is -2.46. The zero-order valence-corrected chi connectivity index (χ0v) is 13.5. The molecule has 1 N–H and O–H groups in total. The molecule has 1 fully saturated rings. The Bertz CT molecular complexity index is 244. The molecule has 0 bridgehead atoms. The van der Waals surface area contributed by atoms with E-state index in [1.807, 2.05) is 4.90 Å². The topological polar surface area (TPSA) is 35.6 Å². The quantitative estimate of drug-likeness (QED) is 0.667. The highest BCUT2D eigenvalue weighted by molar-refractivity contribution is 5.76. The highest BCUT2D eigenvalue weighted by Crippen LogP contribution is 2.04. The molecule has 1 heterocycles. The molecule has 0 aromatic carbocycles. The minimum atomic E-state index is 0.345. The Morgan fingerprint density at radius 2 is 1.55 bits per heavy atom. The minimum Gasteiger partial charge on any atom is -0.340 e. The van der Waals surface area contributed by atoms with Gasteiger partial charge in [0.25, 0.3) is 0 Å². The summed E-state index contributed by atoms with van der Waals surface area (Å²) in [5.41, 5.74) is 0. The third-order valence-corrected chi connectivity index (χ3v) is 3.99. The first kappa shape index (κ1) is 17.4. The maximum atomic E-state index is 12.1. The van der Waals surface area contributed by atoms with Gasteiger partial charge in [-0.25, -0.2) is 0 Å². The van der Waals surface area contributed by atoms with E-state index in [1.54, 1.807) is 0 Å². The Hall–Kier alpha value is -0.610. The highest BCUT2D eigenvalue weighted by Gasteiger charge is 2.15. The van der Waals surface area contributed by atoms with E-state index in [2.05, 4.69) is 24.1 Å². The fourth-order valence-corrected chi connectivity index (χ4v) is 2.63. The van der Waals surface area contributed by atoms with E-state index in [9.17, 15) is 4.79 Å². The first-order chi connectivity index (χ1) is 9.77. The predicted molar refractivity (Wildman–Crippen MR) is 84.9 cm³/mol. The second kappa shape index (κ2) is 11.1. The summed E-state index contributed by atoms with van der Waals surface area (Å²) in [6.07, 6.45) is 6.78. The van der Waals surface area contributed by atoms with Gasteiger partial charge in [-0.3, -0.25) is 4.79 Å². The number of hydrogen-bond donors (Lipinski definition) is 1. The van der Waals surface area contributed by atoms with Crippen molar-refractivity contribution < 1.29 is 4.79 Å². The van der Waals surface area contributed by atoms with Gasteiger partial charge in [-0.1, -0.05) is 26.7 Å². The van der Waals surface area contributed by atoms with Crippen molar-refractivity contribution in [2.45, 2.75) is 52.4 Å². The van der Waals surface area contributed by atoms with Crippen LogP contribution in [0.1, 0.15) is 52.4 Å². The van der Waals surface area contributed by atoms with Gasteiger partial charge in [0, 0.05) is 32.6 Å². The molecule has 4 heteroatoms. The largest absolute Gasteiger partial charge is 0.340 e. The molecule has 4 nitrogen and oxygen atoms in total. The summed E-state index contributed by atoms with van der Waals surface area (Å²) in [6, 6.07) is 0. The van der Waals surface area contributed by atoms with Crippen LogP contribution < -0.4 is 5.32 Å². The van der Waals surface area contributed by atoms with Gasteiger partial charge in [-0.2, -0.15) is 0 Å². The molecular formula is C16H33N3O. The lowest BCUT2D eigenvalue weighted by atomic mass is 10.2. The van der Waals surface area contributed by atoms with Crippen LogP contribution in [0.3, 0.4) is 0 Å². The van der Waals surface area contributed by atoms with Crippen molar-refractivity contribution in [3.63, 3.8) is 0 Å². The Balaban J connectivity index is 2.18. The van der Waals surface area contributed by atoms with Gasteiger partial charge in [-0.15, -0.1) is 0 Å². The summed E-state index contributed by atoms with van der Waals surface area (Å²) < 4.78 is 0. The normalized spacial score (nSPS) is 15.8. The minimum absolute atomic E-state index is 0.345. The van der Waals surface area contributed by atoms with Gasteiger partial charge in [0.15, 0.2) is 0 Å². The summed E-state index contributed by atoms with van der Waals surface area (Å²) in [5.74, 6) is 0.345. The highest BCUT2D eigenvalue weighted by atomic mass is 16.2. The molecule has 1 aliphatic heterocycles. The molecule has 1 rings (SSSR count). The fourth-order valence-electron chi connectivity index (χ4n) is 2.63. The summed E-state index contributed by atoms with van der Waals surface area (Å²) >= 11 is 0. The van der Waals surface area contributed by atoms with Crippen LogP contribution in [-0.4, -0.2) is 61.5 Å². The predicted octanol–water partition coefficient (Wildman–Crippen LogP) is 2.10. The number of hydrogen-bond acceptors (Lipinski definition) is 3. The number of carbonyl (C=O) groups is 1. The van der Waals surface area contributed by atoms with Gasteiger partial charge in [0.05, 0.1) is 0 Å². The van der Waals surface area contributed by atoms with Gasteiger partial charge in [-0.05, 0) is 38.9 Å². The van der Waals surface area contributed by atoms with Crippen LogP contribution in [0.5, 0.6) is 0 Å². The molecule has 0 saturated carbocycles. The Labute approximate surface area is 124 Å². The van der Waals surface area contributed by atoms with Crippen LogP contribution in [0.4, 0.5) is 0 Å². The number of piperazine rings is 1. The van der Waals surface area contributed by atoms with Crippen LogP contribution in [-0.2, 0) is 4.79 Å². The van der Waals surface area contributed by atoms with Crippen molar-refractivity contribution in [2.75, 3.05) is 45.8 Å². The summed E-state index contributed by atoms with van der Waals surface area (Å²) in [6.45, 7) is 11.6. The SMILES string of the molecule is CCCCN(CCCC)CCCC(=O)N1CCNCC1. The van der Waals surface area contributed by atoms with E-state index in [1.165, 1.54) is 38.8 Å². The number of amides is 1. The first-order valence-electron chi connectivity index (χ1n) is 8.48. The smallest absolute Gasteiger partial charge is 0.222 e. The number of carbonyl (C=O) groups excluding carboxylic acids is 1. The Kier molecular flexibility index (Phi) is 9.67. The van der Waals surface area contributed by atoms with Gasteiger partial charge < -0.3 is 15.1 Å². The molecule has 1 saturated heterocycles. The molecule has 1 amide bonds. The van der Waals surface area contributed by atoms with Crippen molar-refractivity contribution >= 4 is 5.91 Å². The maximum absolute atomic E-state index is 12.1.